The van der Waals surface area contributed by atoms with Crippen LogP contribution in [0.5, 0.6) is 0 Å². The quantitative estimate of drug-likeness (QED) is 0.910. The fourth-order valence-electron chi connectivity index (χ4n) is 2.74. The third-order valence-electron chi connectivity index (χ3n) is 3.82. The van der Waals surface area contributed by atoms with Crippen LogP contribution in [0.4, 0.5) is 4.39 Å². The summed E-state index contributed by atoms with van der Waals surface area (Å²) in [6.45, 7) is 0.430. The summed E-state index contributed by atoms with van der Waals surface area (Å²) in [6, 6.07) is 6.33. The molecule has 0 bridgehead atoms. The normalized spacial score (nSPS) is 23.1. The summed E-state index contributed by atoms with van der Waals surface area (Å²) in [7, 11) is 1.76. The Morgan fingerprint density at radius 2 is 2.16 bits per heavy atom. The highest BCUT2D eigenvalue weighted by atomic mass is 19.1. The number of nitrogens with zero attached hydrogens (tertiary/aromatic N) is 1. The maximum atomic E-state index is 13.1. The zero-order chi connectivity index (χ0) is 13.8. The van der Waals surface area contributed by atoms with Gasteiger partial charge in [0.05, 0.1) is 5.92 Å². The van der Waals surface area contributed by atoms with E-state index in [1.165, 1.54) is 12.1 Å². The van der Waals surface area contributed by atoms with Gasteiger partial charge in [0.2, 0.25) is 5.91 Å². The van der Waals surface area contributed by atoms with Gasteiger partial charge in [0.15, 0.2) is 0 Å². The van der Waals surface area contributed by atoms with Crippen LogP contribution in [0.15, 0.2) is 24.3 Å². The number of benzene rings is 1. The minimum Gasteiger partial charge on any atom is -0.341 e. The van der Waals surface area contributed by atoms with Gasteiger partial charge in [0.1, 0.15) is 5.82 Å². The molecule has 2 rings (SSSR count). The average molecular weight is 264 g/mol. The molecule has 1 aromatic carbocycles. The summed E-state index contributed by atoms with van der Waals surface area (Å²) in [4.78, 5) is 14.0. The molecule has 0 radical (unpaired) electrons. The minimum absolute atomic E-state index is 0.0313. The van der Waals surface area contributed by atoms with E-state index >= 15 is 0 Å². The highest BCUT2D eigenvalue weighted by Gasteiger charge is 2.30. The molecule has 0 aromatic heterocycles. The Morgan fingerprint density at radius 1 is 1.42 bits per heavy atom. The Balaban J connectivity index is 1.99. The van der Waals surface area contributed by atoms with Crippen LogP contribution in [-0.2, 0) is 11.3 Å². The molecule has 1 aliphatic rings. The van der Waals surface area contributed by atoms with Crippen molar-refractivity contribution in [3.63, 3.8) is 0 Å². The van der Waals surface area contributed by atoms with E-state index in [0.717, 1.165) is 31.2 Å². The van der Waals surface area contributed by atoms with Gasteiger partial charge in [-0.25, -0.2) is 4.39 Å². The molecule has 1 aromatic rings. The van der Waals surface area contributed by atoms with Crippen LogP contribution in [0.3, 0.4) is 0 Å². The molecule has 0 aliphatic heterocycles. The number of nitrogens with two attached hydrogens (primary N) is 1. The topological polar surface area (TPSA) is 46.3 Å². The summed E-state index contributed by atoms with van der Waals surface area (Å²) in [5.74, 6) is -0.267. The number of hydrogen-bond donors (Lipinski definition) is 1. The summed E-state index contributed by atoms with van der Waals surface area (Å²) in [6.07, 6.45) is 3.97. The Bertz CT molecular complexity index is 450. The molecular weight excluding hydrogens is 243 g/mol. The first-order valence-electron chi connectivity index (χ1n) is 6.83. The van der Waals surface area contributed by atoms with Crippen molar-refractivity contribution in [1.82, 2.24) is 4.90 Å². The molecule has 1 fully saturated rings. The lowest BCUT2D eigenvalue weighted by molar-refractivity contribution is -0.136. The highest BCUT2D eigenvalue weighted by molar-refractivity contribution is 5.79. The van der Waals surface area contributed by atoms with Crippen LogP contribution in [0.1, 0.15) is 31.2 Å². The molecule has 1 aliphatic carbocycles. The molecule has 1 saturated carbocycles. The smallest absolute Gasteiger partial charge is 0.227 e. The van der Waals surface area contributed by atoms with Gasteiger partial charge in [0, 0.05) is 19.6 Å². The van der Waals surface area contributed by atoms with Crippen LogP contribution in [0.2, 0.25) is 0 Å². The largest absolute Gasteiger partial charge is 0.341 e. The molecule has 2 unspecified atom stereocenters. The molecule has 0 spiro atoms. The molecular formula is C15H21FN2O. The second kappa shape index (κ2) is 6.15. The van der Waals surface area contributed by atoms with Crippen LogP contribution in [0.25, 0.3) is 0 Å². The van der Waals surface area contributed by atoms with Crippen molar-refractivity contribution < 1.29 is 9.18 Å². The predicted molar refractivity (Wildman–Crippen MR) is 72.8 cm³/mol. The SMILES string of the molecule is CN(Cc1cccc(F)c1)C(=O)C1CCCCC1N. The van der Waals surface area contributed by atoms with Crippen molar-refractivity contribution in [2.24, 2.45) is 11.7 Å². The van der Waals surface area contributed by atoms with Gasteiger partial charge in [-0.2, -0.15) is 0 Å². The first-order valence-corrected chi connectivity index (χ1v) is 6.83. The monoisotopic (exact) mass is 264 g/mol. The fourth-order valence-corrected chi connectivity index (χ4v) is 2.74. The number of hydrogen-bond acceptors (Lipinski definition) is 2. The molecule has 0 saturated heterocycles. The number of halogens is 1. The molecule has 4 heteroatoms. The molecule has 3 nitrogen and oxygen atoms in total. The third kappa shape index (κ3) is 3.53. The zero-order valence-corrected chi connectivity index (χ0v) is 11.3. The third-order valence-corrected chi connectivity index (χ3v) is 3.82. The Hall–Kier alpha value is -1.42. The van der Waals surface area contributed by atoms with E-state index in [4.69, 9.17) is 5.73 Å². The average Bonchev–Trinajstić information content (AvgIpc) is 2.38. The second-order valence-electron chi connectivity index (χ2n) is 5.38. The van der Waals surface area contributed by atoms with Gasteiger partial charge in [-0.3, -0.25) is 4.79 Å². The molecule has 1 amide bonds. The lowest BCUT2D eigenvalue weighted by Crippen LogP contribution is -2.44. The number of carbonyl (C=O) groups excluding carboxylic acids is 1. The minimum atomic E-state index is -0.271. The molecule has 2 atom stereocenters. The lowest BCUT2D eigenvalue weighted by Gasteiger charge is -2.31. The van der Waals surface area contributed by atoms with E-state index in [9.17, 15) is 9.18 Å². The fraction of sp³-hybridized carbons (Fsp3) is 0.533. The summed E-state index contributed by atoms with van der Waals surface area (Å²) in [5.41, 5.74) is 6.83. The van der Waals surface area contributed by atoms with E-state index in [2.05, 4.69) is 0 Å². The first-order chi connectivity index (χ1) is 9.08. The van der Waals surface area contributed by atoms with Crippen molar-refractivity contribution in [3.05, 3.63) is 35.6 Å². The van der Waals surface area contributed by atoms with E-state index in [0.29, 0.717) is 6.54 Å². The van der Waals surface area contributed by atoms with Crippen molar-refractivity contribution >= 4 is 5.91 Å². The van der Waals surface area contributed by atoms with E-state index in [1.54, 1.807) is 18.0 Å². The van der Waals surface area contributed by atoms with Crippen LogP contribution in [-0.4, -0.2) is 23.9 Å². The predicted octanol–water partition coefficient (Wildman–Crippen LogP) is 2.30. The van der Waals surface area contributed by atoms with Crippen molar-refractivity contribution in [2.75, 3.05) is 7.05 Å². The summed E-state index contributed by atoms with van der Waals surface area (Å²) in [5, 5.41) is 0. The lowest BCUT2D eigenvalue weighted by atomic mass is 9.84. The summed E-state index contributed by atoms with van der Waals surface area (Å²) < 4.78 is 13.1. The molecule has 104 valence electrons. The van der Waals surface area contributed by atoms with Gasteiger partial charge in [-0.05, 0) is 30.5 Å². The van der Waals surface area contributed by atoms with Crippen molar-refractivity contribution in [3.8, 4) is 0 Å². The van der Waals surface area contributed by atoms with Gasteiger partial charge in [-0.15, -0.1) is 0 Å². The Morgan fingerprint density at radius 3 is 2.84 bits per heavy atom. The van der Waals surface area contributed by atoms with Crippen molar-refractivity contribution in [1.29, 1.82) is 0 Å². The standard InChI is InChI=1S/C15H21FN2O/c1-18(10-11-5-4-6-12(16)9-11)15(19)13-7-2-3-8-14(13)17/h4-6,9,13-14H,2-3,7-8,10,17H2,1H3. The van der Waals surface area contributed by atoms with Crippen LogP contribution in [0, 0.1) is 11.7 Å². The highest BCUT2D eigenvalue weighted by Crippen LogP contribution is 2.25. The van der Waals surface area contributed by atoms with Gasteiger partial charge in [-0.1, -0.05) is 25.0 Å². The van der Waals surface area contributed by atoms with Gasteiger partial charge >= 0.3 is 0 Å². The van der Waals surface area contributed by atoms with Gasteiger partial charge < -0.3 is 10.6 Å². The first kappa shape index (κ1) is 14.0. The van der Waals surface area contributed by atoms with E-state index in [1.807, 2.05) is 6.07 Å². The zero-order valence-electron chi connectivity index (χ0n) is 11.3. The number of carbonyl (C=O) groups is 1. The van der Waals surface area contributed by atoms with Crippen molar-refractivity contribution in [2.45, 2.75) is 38.3 Å². The summed E-state index contributed by atoms with van der Waals surface area (Å²) >= 11 is 0. The van der Waals surface area contributed by atoms with Crippen LogP contribution < -0.4 is 5.73 Å². The van der Waals surface area contributed by atoms with Crippen LogP contribution >= 0.6 is 0 Å². The molecule has 19 heavy (non-hydrogen) atoms. The molecule has 0 heterocycles. The van der Waals surface area contributed by atoms with E-state index in [-0.39, 0.29) is 23.7 Å². The Labute approximate surface area is 113 Å². The Kier molecular flexibility index (Phi) is 4.53. The molecule has 2 N–H and O–H groups in total. The second-order valence-corrected chi connectivity index (χ2v) is 5.38. The van der Waals surface area contributed by atoms with Gasteiger partial charge in [0.25, 0.3) is 0 Å². The number of rotatable bonds is 3. The number of amides is 1. The maximum Gasteiger partial charge on any atom is 0.227 e. The van der Waals surface area contributed by atoms with E-state index < -0.39 is 0 Å². The maximum absolute atomic E-state index is 13.1.